The molecule has 3 aromatic rings. The lowest BCUT2D eigenvalue weighted by Gasteiger charge is -2.06. The Balaban J connectivity index is 1.74. The van der Waals surface area contributed by atoms with E-state index < -0.39 is 4.92 Å². The lowest BCUT2D eigenvalue weighted by Crippen LogP contribution is -1.95. The summed E-state index contributed by atoms with van der Waals surface area (Å²) in [5.74, 6) is 0.636. The van der Waals surface area contributed by atoms with Gasteiger partial charge in [-0.15, -0.1) is 10.2 Å². The first-order valence-corrected chi connectivity index (χ1v) is 8.02. The van der Waals surface area contributed by atoms with Gasteiger partial charge in [-0.1, -0.05) is 41.6 Å². The summed E-state index contributed by atoms with van der Waals surface area (Å²) in [5, 5.41) is 20.1. The van der Waals surface area contributed by atoms with Crippen LogP contribution in [0.2, 0.25) is 5.02 Å². The Labute approximate surface area is 141 Å². The normalized spacial score (nSPS) is 10.7. The van der Waals surface area contributed by atoms with Crippen LogP contribution in [0.3, 0.4) is 0 Å². The molecule has 1 aromatic heterocycles. The lowest BCUT2D eigenvalue weighted by molar-refractivity contribution is -0.384. The third-order valence-electron chi connectivity index (χ3n) is 3.12. The van der Waals surface area contributed by atoms with Gasteiger partial charge in [-0.05, 0) is 23.8 Å². The number of thioether (sulfide) groups is 1. The highest BCUT2D eigenvalue weighted by molar-refractivity contribution is 7.98. The van der Waals surface area contributed by atoms with Crippen molar-refractivity contribution in [3.8, 4) is 5.69 Å². The van der Waals surface area contributed by atoms with Crippen LogP contribution in [0.25, 0.3) is 5.69 Å². The number of benzene rings is 2. The fourth-order valence-corrected chi connectivity index (χ4v) is 3.06. The number of nitrogens with zero attached hydrogens (tertiary/aromatic N) is 4. The van der Waals surface area contributed by atoms with Crippen LogP contribution in [0.4, 0.5) is 5.69 Å². The van der Waals surface area contributed by atoms with E-state index in [-0.39, 0.29) is 5.69 Å². The molecule has 0 spiro atoms. The number of aromatic nitrogens is 3. The molecular weight excluding hydrogens is 336 g/mol. The minimum Gasteiger partial charge on any atom is -0.277 e. The van der Waals surface area contributed by atoms with Gasteiger partial charge >= 0.3 is 0 Å². The number of nitro groups is 1. The van der Waals surface area contributed by atoms with Crippen LogP contribution < -0.4 is 0 Å². The summed E-state index contributed by atoms with van der Waals surface area (Å²) in [6.07, 6.45) is 1.63. The van der Waals surface area contributed by atoms with Gasteiger partial charge in [0.25, 0.3) is 5.69 Å². The lowest BCUT2D eigenvalue weighted by atomic mass is 10.2. The molecule has 0 saturated carbocycles. The van der Waals surface area contributed by atoms with Crippen molar-refractivity contribution in [2.24, 2.45) is 0 Å². The van der Waals surface area contributed by atoms with E-state index in [0.29, 0.717) is 10.8 Å². The highest BCUT2D eigenvalue weighted by Gasteiger charge is 2.09. The number of non-ortho nitro benzene ring substituents is 1. The van der Waals surface area contributed by atoms with Crippen LogP contribution in [-0.2, 0) is 5.75 Å². The van der Waals surface area contributed by atoms with Crippen LogP contribution in [0.1, 0.15) is 5.56 Å². The number of halogens is 1. The fraction of sp³-hybridized carbons (Fsp3) is 0.0667. The maximum atomic E-state index is 10.7. The Morgan fingerprint density at radius 3 is 2.70 bits per heavy atom. The van der Waals surface area contributed by atoms with Crippen LogP contribution in [0.5, 0.6) is 0 Å². The van der Waals surface area contributed by atoms with Gasteiger partial charge in [0.2, 0.25) is 0 Å². The molecule has 0 fully saturated rings. The largest absolute Gasteiger partial charge is 0.277 e. The highest BCUT2D eigenvalue weighted by atomic mass is 35.5. The molecule has 0 aliphatic carbocycles. The van der Waals surface area contributed by atoms with E-state index in [1.165, 1.54) is 23.9 Å². The average molecular weight is 347 g/mol. The maximum Gasteiger partial charge on any atom is 0.269 e. The summed E-state index contributed by atoms with van der Waals surface area (Å²) in [5.41, 5.74) is 1.94. The number of rotatable bonds is 5. The van der Waals surface area contributed by atoms with Crippen molar-refractivity contribution in [2.75, 3.05) is 0 Å². The van der Waals surface area contributed by atoms with E-state index in [9.17, 15) is 10.1 Å². The minimum absolute atomic E-state index is 0.0841. The zero-order valence-electron chi connectivity index (χ0n) is 11.8. The van der Waals surface area contributed by atoms with Crippen LogP contribution in [0.15, 0.2) is 60.0 Å². The molecule has 0 atom stereocenters. The van der Waals surface area contributed by atoms with E-state index in [1.807, 2.05) is 22.8 Å². The Morgan fingerprint density at radius 2 is 2.00 bits per heavy atom. The van der Waals surface area contributed by atoms with Crippen molar-refractivity contribution < 1.29 is 4.92 Å². The smallest absolute Gasteiger partial charge is 0.269 e. The second kappa shape index (κ2) is 6.80. The number of nitro benzene ring substituents is 1. The molecule has 1 heterocycles. The fourth-order valence-electron chi connectivity index (χ4n) is 1.99. The summed E-state index contributed by atoms with van der Waals surface area (Å²) in [7, 11) is 0. The second-order valence-corrected chi connectivity index (χ2v) is 6.05. The molecule has 0 bridgehead atoms. The van der Waals surface area contributed by atoms with Gasteiger partial charge < -0.3 is 0 Å². The van der Waals surface area contributed by atoms with Gasteiger partial charge in [-0.25, -0.2) is 0 Å². The first-order valence-electron chi connectivity index (χ1n) is 6.65. The Kier molecular flexibility index (Phi) is 4.59. The van der Waals surface area contributed by atoms with Crippen LogP contribution >= 0.6 is 23.4 Å². The van der Waals surface area contributed by atoms with Crippen molar-refractivity contribution in [1.29, 1.82) is 0 Å². The third kappa shape index (κ3) is 3.69. The standard InChI is InChI=1S/C15H11ClN4O2S/c16-12-2-1-3-14(8-12)19-10-17-18-15(19)23-9-11-4-6-13(7-5-11)20(21)22/h1-8,10H,9H2. The molecule has 23 heavy (non-hydrogen) atoms. The van der Waals surface area contributed by atoms with Gasteiger partial charge in [0.05, 0.1) is 10.6 Å². The summed E-state index contributed by atoms with van der Waals surface area (Å²) in [4.78, 5) is 10.2. The van der Waals surface area contributed by atoms with Crippen LogP contribution in [0, 0.1) is 10.1 Å². The highest BCUT2D eigenvalue weighted by Crippen LogP contribution is 2.25. The second-order valence-electron chi connectivity index (χ2n) is 4.68. The molecule has 8 heteroatoms. The number of hydrogen-bond acceptors (Lipinski definition) is 5. The zero-order valence-corrected chi connectivity index (χ0v) is 13.4. The Bertz CT molecular complexity index is 836. The van der Waals surface area contributed by atoms with Crippen LogP contribution in [-0.4, -0.2) is 19.7 Å². The van der Waals surface area contributed by atoms with Gasteiger partial charge in [0.1, 0.15) is 6.33 Å². The van der Waals surface area contributed by atoms with E-state index >= 15 is 0 Å². The van der Waals surface area contributed by atoms with Gasteiger partial charge in [0.15, 0.2) is 5.16 Å². The van der Waals surface area contributed by atoms with Crippen molar-refractivity contribution >= 4 is 29.1 Å². The summed E-state index contributed by atoms with van der Waals surface area (Å²) >= 11 is 7.51. The molecular formula is C15H11ClN4O2S. The molecule has 0 aliphatic rings. The van der Waals surface area contributed by atoms with E-state index in [1.54, 1.807) is 24.5 Å². The minimum atomic E-state index is -0.410. The zero-order chi connectivity index (χ0) is 16.2. The topological polar surface area (TPSA) is 73.8 Å². The molecule has 3 rings (SSSR count). The predicted molar refractivity (Wildman–Crippen MR) is 89.0 cm³/mol. The summed E-state index contributed by atoms with van der Waals surface area (Å²) < 4.78 is 1.85. The molecule has 0 aliphatic heterocycles. The first kappa shape index (κ1) is 15.5. The van der Waals surface area contributed by atoms with E-state index in [4.69, 9.17) is 11.6 Å². The Hall–Kier alpha value is -2.38. The molecule has 0 N–H and O–H groups in total. The maximum absolute atomic E-state index is 10.7. The van der Waals surface area contributed by atoms with E-state index in [2.05, 4.69) is 10.2 Å². The quantitative estimate of drug-likeness (QED) is 0.394. The SMILES string of the molecule is O=[N+]([O-])c1ccc(CSc2nncn2-c2cccc(Cl)c2)cc1. The molecule has 0 unspecified atom stereocenters. The summed E-state index contributed by atoms with van der Waals surface area (Å²) in [6, 6.07) is 13.9. The molecule has 116 valence electrons. The third-order valence-corrected chi connectivity index (χ3v) is 4.37. The van der Waals surface area contributed by atoms with Crippen molar-refractivity contribution in [3.63, 3.8) is 0 Å². The monoisotopic (exact) mass is 346 g/mol. The van der Waals surface area contributed by atoms with Gasteiger partial charge in [0, 0.05) is 22.9 Å². The molecule has 0 radical (unpaired) electrons. The van der Waals surface area contributed by atoms with Crippen molar-refractivity contribution in [1.82, 2.24) is 14.8 Å². The molecule has 2 aromatic carbocycles. The molecule has 0 amide bonds. The summed E-state index contributed by atoms with van der Waals surface area (Å²) in [6.45, 7) is 0. The molecule has 0 saturated heterocycles. The van der Waals surface area contributed by atoms with Gasteiger partial charge in [-0.2, -0.15) is 0 Å². The van der Waals surface area contributed by atoms with Gasteiger partial charge in [-0.3, -0.25) is 14.7 Å². The van der Waals surface area contributed by atoms with Crippen molar-refractivity contribution in [2.45, 2.75) is 10.9 Å². The first-order chi connectivity index (χ1) is 11.1. The molecule has 6 nitrogen and oxygen atoms in total. The number of hydrogen-bond donors (Lipinski definition) is 0. The van der Waals surface area contributed by atoms with Crippen molar-refractivity contribution in [3.05, 3.63) is 75.6 Å². The average Bonchev–Trinajstić information content (AvgIpc) is 3.02. The van der Waals surface area contributed by atoms with E-state index in [0.717, 1.165) is 16.4 Å². The predicted octanol–water partition coefficient (Wildman–Crippen LogP) is 4.12. The Morgan fingerprint density at radius 1 is 1.22 bits per heavy atom.